The zero-order valence-corrected chi connectivity index (χ0v) is 17.6. The summed E-state index contributed by atoms with van der Waals surface area (Å²) in [4.78, 5) is 23.6. The monoisotopic (exact) mass is 451 g/mol. The lowest BCUT2D eigenvalue weighted by Crippen LogP contribution is -2.51. The summed E-state index contributed by atoms with van der Waals surface area (Å²) in [5.74, 6) is -0.0948. The lowest BCUT2D eigenvalue weighted by Gasteiger charge is -2.36. The predicted molar refractivity (Wildman–Crippen MR) is 121 cm³/mol. The van der Waals surface area contributed by atoms with Crippen LogP contribution in [0.2, 0.25) is 5.02 Å². The van der Waals surface area contributed by atoms with Crippen LogP contribution in [0, 0.1) is 5.82 Å². The number of benzene rings is 1. The lowest BCUT2D eigenvalue weighted by molar-refractivity contribution is 0.101. The van der Waals surface area contributed by atoms with Crippen LogP contribution in [0.5, 0.6) is 0 Å². The fourth-order valence-corrected chi connectivity index (χ4v) is 3.98. The van der Waals surface area contributed by atoms with E-state index in [9.17, 15) is 14.3 Å². The number of rotatable bonds is 5. The van der Waals surface area contributed by atoms with Gasteiger partial charge in [0.25, 0.3) is 5.91 Å². The van der Waals surface area contributed by atoms with Crippen molar-refractivity contribution in [3.8, 4) is 0 Å². The number of aliphatic hydroxyl groups excluding tert-OH is 1. The van der Waals surface area contributed by atoms with Crippen molar-refractivity contribution in [1.82, 2.24) is 14.5 Å². The molecule has 0 aliphatic carbocycles. The van der Waals surface area contributed by atoms with Crippen LogP contribution in [0.25, 0.3) is 11.0 Å². The molecule has 4 aromatic rings. The van der Waals surface area contributed by atoms with Crippen molar-refractivity contribution in [2.45, 2.75) is 12.6 Å². The average molecular weight is 452 g/mol. The highest BCUT2D eigenvalue weighted by Crippen LogP contribution is 2.24. The van der Waals surface area contributed by atoms with Gasteiger partial charge < -0.3 is 19.9 Å². The van der Waals surface area contributed by atoms with E-state index < -0.39 is 5.82 Å². The SMILES string of the molecule is O=C(Nc1ccc(N2CC(O)C2)nc1)c1cc2cc(F)cnc2n1Cc1cccc(Cl)c1. The molecule has 0 radical (unpaired) electrons. The summed E-state index contributed by atoms with van der Waals surface area (Å²) < 4.78 is 15.5. The molecule has 9 heteroatoms. The third-order valence-electron chi connectivity index (χ3n) is 5.35. The molecule has 1 aliphatic heterocycles. The largest absolute Gasteiger partial charge is 0.389 e. The van der Waals surface area contributed by atoms with Crippen LogP contribution >= 0.6 is 11.6 Å². The van der Waals surface area contributed by atoms with E-state index in [1.54, 1.807) is 35.0 Å². The van der Waals surface area contributed by atoms with Crippen LogP contribution in [-0.4, -0.2) is 44.7 Å². The summed E-state index contributed by atoms with van der Waals surface area (Å²) in [6.45, 7) is 1.44. The Morgan fingerprint density at radius 3 is 2.72 bits per heavy atom. The maximum atomic E-state index is 13.7. The Hall–Kier alpha value is -3.49. The van der Waals surface area contributed by atoms with Gasteiger partial charge in [-0.05, 0) is 42.0 Å². The molecule has 3 aromatic heterocycles. The van der Waals surface area contributed by atoms with Gasteiger partial charge in [-0.1, -0.05) is 23.7 Å². The highest BCUT2D eigenvalue weighted by molar-refractivity contribution is 6.30. The number of nitrogens with one attached hydrogen (secondary N) is 1. The minimum Gasteiger partial charge on any atom is -0.389 e. The number of fused-ring (bicyclic) bond motifs is 1. The van der Waals surface area contributed by atoms with E-state index in [0.29, 0.717) is 47.1 Å². The third kappa shape index (κ3) is 4.02. The number of β-amino-alcohol motifs (C(OH)–C–C–N with tert-alkyl or cyclic N) is 1. The van der Waals surface area contributed by atoms with E-state index in [2.05, 4.69) is 15.3 Å². The first-order chi connectivity index (χ1) is 15.5. The summed E-state index contributed by atoms with van der Waals surface area (Å²) in [6, 6.07) is 13.8. The first-order valence-corrected chi connectivity index (χ1v) is 10.4. The van der Waals surface area contributed by atoms with Gasteiger partial charge in [-0.2, -0.15) is 0 Å². The minimum absolute atomic E-state index is 0.323. The predicted octanol–water partition coefficient (Wildman–Crippen LogP) is 3.71. The van der Waals surface area contributed by atoms with Gasteiger partial charge in [0, 0.05) is 30.0 Å². The van der Waals surface area contributed by atoms with Crippen LogP contribution in [0.4, 0.5) is 15.9 Å². The topological polar surface area (TPSA) is 83.3 Å². The molecule has 1 fully saturated rings. The fraction of sp³-hybridized carbons (Fsp3) is 0.174. The molecular weight excluding hydrogens is 433 g/mol. The average Bonchev–Trinajstić information content (AvgIpc) is 3.09. The maximum absolute atomic E-state index is 13.7. The third-order valence-corrected chi connectivity index (χ3v) is 5.59. The number of halogens is 2. The number of hydrogen-bond donors (Lipinski definition) is 2. The van der Waals surface area contributed by atoms with Gasteiger partial charge in [0.05, 0.1) is 24.2 Å². The van der Waals surface area contributed by atoms with Crippen molar-refractivity contribution in [2.75, 3.05) is 23.3 Å². The van der Waals surface area contributed by atoms with Crippen LogP contribution in [-0.2, 0) is 6.54 Å². The smallest absolute Gasteiger partial charge is 0.272 e. The summed E-state index contributed by atoms with van der Waals surface area (Å²) in [7, 11) is 0. The summed E-state index contributed by atoms with van der Waals surface area (Å²) in [5.41, 5.74) is 2.26. The summed E-state index contributed by atoms with van der Waals surface area (Å²) in [6.07, 6.45) is 2.38. The van der Waals surface area contributed by atoms with Crippen molar-refractivity contribution in [3.63, 3.8) is 0 Å². The van der Waals surface area contributed by atoms with Crippen molar-refractivity contribution >= 4 is 40.0 Å². The lowest BCUT2D eigenvalue weighted by atomic mass is 10.2. The van der Waals surface area contributed by atoms with Crippen LogP contribution in [0.3, 0.4) is 0 Å². The molecule has 0 unspecified atom stereocenters. The first kappa shape index (κ1) is 20.4. The second-order valence-electron chi connectivity index (χ2n) is 7.73. The highest BCUT2D eigenvalue weighted by Gasteiger charge is 2.25. The van der Waals surface area contributed by atoms with Gasteiger partial charge >= 0.3 is 0 Å². The number of anilines is 2. The second-order valence-corrected chi connectivity index (χ2v) is 8.17. The second kappa shape index (κ2) is 8.22. The van der Waals surface area contributed by atoms with Gasteiger partial charge in [0.15, 0.2) is 0 Å². The number of carbonyl (C=O) groups excluding carboxylic acids is 1. The van der Waals surface area contributed by atoms with Gasteiger partial charge in [0.1, 0.15) is 23.0 Å². The number of nitrogens with zero attached hydrogens (tertiary/aromatic N) is 4. The molecule has 0 bridgehead atoms. The summed E-state index contributed by atoms with van der Waals surface area (Å²) in [5, 5.41) is 13.4. The Bertz CT molecular complexity index is 1300. The van der Waals surface area contributed by atoms with Gasteiger partial charge in [-0.25, -0.2) is 14.4 Å². The molecule has 0 atom stereocenters. The number of aliphatic hydroxyl groups is 1. The van der Waals surface area contributed by atoms with Gasteiger partial charge in [-0.15, -0.1) is 0 Å². The Morgan fingerprint density at radius 2 is 2.00 bits per heavy atom. The Morgan fingerprint density at radius 1 is 1.16 bits per heavy atom. The highest BCUT2D eigenvalue weighted by atomic mass is 35.5. The zero-order valence-electron chi connectivity index (χ0n) is 16.9. The van der Waals surface area contributed by atoms with E-state index in [-0.39, 0.29) is 12.0 Å². The standard InChI is InChI=1S/C23H19ClFN5O2/c24-16-3-1-2-14(6-16)11-30-20(8-15-7-17(25)9-27-22(15)30)23(32)28-18-4-5-21(26-10-18)29-12-19(31)13-29/h1-10,19,31H,11-13H2,(H,28,32). The van der Waals surface area contributed by atoms with Crippen molar-refractivity contribution in [3.05, 3.63) is 83.0 Å². The number of carbonyl (C=O) groups is 1. The van der Waals surface area contributed by atoms with Gasteiger partial charge in [-0.3, -0.25) is 4.79 Å². The number of aromatic nitrogens is 3. The first-order valence-electron chi connectivity index (χ1n) is 10.1. The van der Waals surface area contributed by atoms with E-state index >= 15 is 0 Å². The molecule has 0 spiro atoms. The molecule has 1 amide bonds. The molecular formula is C23H19ClFN5O2. The van der Waals surface area contributed by atoms with E-state index in [0.717, 1.165) is 17.6 Å². The molecule has 2 N–H and O–H groups in total. The number of hydrogen-bond acceptors (Lipinski definition) is 5. The van der Waals surface area contributed by atoms with E-state index in [1.807, 2.05) is 23.1 Å². The molecule has 4 heterocycles. The quantitative estimate of drug-likeness (QED) is 0.483. The summed E-state index contributed by atoms with van der Waals surface area (Å²) >= 11 is 6.11. The maximum Gasteiger partial charge on any atom is 0.272 e. The normalized spacial score (nSPS) is 13.9. The van der Waals surface area contributed by atoms with Crippen molar-refractivity contribution in [1.29, 1.82) is 0 Å². The number of amides is 1. The minimum atomic E-state index is -0.472. The molecule has 162 valence electrons. The van der Waals surface area contributed by atoms with Crippen LogP contribution < -0.4 is 10.2 Å². The Kier molecular flexibility index (Phi) is 5.24. The molecule has 1 aromatic carbocycles. The van der Waals surface area contributed by atoms with Crippen molar-refractivity contribution in [2.24, 2.45) is 0 Å². The molecule has 1 aliphatic rings. The molecule has 1 saturated heterocycles. The fourth-order valence-electron chi connectivity index (χ4n) is 3.77. The number of pyridine rings is 2. The molecule has 0 saturated carbocycles. The molecule has 5 rings (SSSR count). The Balaban J connectivity index is 1.44. The van der Waals surface area contributed by atoms with Crippen LogP contribution in [0.15, 0.2) is 60.9 Å². The van der Waals surface area contributed by atoms with Crippen molar-refractivity contribution < 1.29 is 14.3 Å². The van der Waals surface area contributed by atoms with E-state index in [4.69, 9.17) is 11.6 Å². The van der Waals surface area contributed by atoms with Gasteiger partial charge in [0.2, 0.25) is 0 Å². The van der Waals surface area contributed by atoms with Crippen LogP contribution in [0.1, 0.15) is 16.1 Å². The zero-order chi connectivity index (χ0) is 22.2. The molecule has 7 nitrogen and oxygen atoms in total. The molecule has 32 heavy (non-hydrogen) atoms. The Labute approximate surface area is 188 Å². The van der Waals surface area contributed by atoms with E-state index in [1.165, 1.54) is 6.07 Å².